The molecule has 1 rings (SSSR count). The number of rotatable bonds is 6. The molecule has 0 spiro atoms. The van der Waals surface area contributed by atoms with Gasteiger partial charge in [0.05, 0.1) is 13.5 Å². The number of aliphatic imine (C=N–C) groups is 1. The zero-order valence-electron chi connectivity index (χ0n) is 12.0. The van der Waals surface area contributed by atoms with Crippen molar-refractivity contribution in [3.05, 3.63) is 11.6 Å². The highest BCUT2D eigenvalue weighted by Crippen LogP contribution is 2.19. The molecule has 5 nitrogen and oxygen atoms in total. The van der Waals surface area contributed by atoms with Gasteiger partial charge in [-0.2, -0.15) is 0 Å². The maximum Gasteiger partial charge on any atom is 0.307 e. The highest BCUT2D eigenvalue weighted by atomic mass is 16.5. The molecule has 0 fully saturated rings. The topological polar surface area (TPSA) is 62.7 Å². The summed E-state index contributed by atoms with van der Waals surface area (Å²) >= 11 is 0. The number of hydrogen-bond acceptors (Lipinski definition) is 3. The second kappa shape index (κ2) is 9.42. The van der Waals surface area contributed by atoms with Crippen molar-refractivity contribution in [2.24, 2.45) is 4.99 Å². The van der Waals surface area contributed by atoms with Crippen molar-refractivity contribution in [1.29, 1.82) is 0 Å². The van der Waals surface area contributed by atoms with Crippen molar-refractivity contribution in [3.63, 3.8) is 0 Å². The first-order chi connectivity index (χ1) is 9.26. The molecule has 5 heteroatoms. The number of nitrogens with zero attached hydrogens (tertiary/aromatic N) is 1. The van der Waals surface area contributed by atoms with Gasteiger partial charge in [0, 0.05) is 20.1 Å². The van der Waals surface area contributed by atoms with E-state index in [1.54, 1.807) is 12.6 Å². The summed E-state index contributed by atoms with van der Waals surface area (Å²) in [5.74, 6) is 0.524. The molecule has 19 heavy (non-hydrogen) atoms. The minimum Gasteiger partial charge on any atom is -0.469 e. The maximum atomic E-state index is 11.0. The van der Waals surface area contributed by atoms with Gasteiger partial charge >= 0.3 is 5.97 Å². The van der Waals surface area contributed by atoms with E-state index in [0.29, 0.717) is 13.0 Å². The third-order valence-corrected chi connectivity index (χ3v) is 3.20. The summed E-state index contributed by atoms with van der Waals surface area (Å²) < 4.78 is 4.58. The van der Waals surface area contributed by atoms with Crippen LogP contribution in [-0.2, 0) is 9.53 Å². The number of esters is 1. The number of hydrogen-bond donors (Lipinski definition) is 2. The van der Waals surface area contributed by atoms with Crippen LogP contribution in [-0.4, -0.2) is 39.2 Å². The summed E-state index contributed by atoms with van der Waals surface area (Å²) in [6.45, 7) is 1.42. The molecule has 0 bridgehead atoms. The van der Waals surface area contributed by atoms with Crippen LogP contribution in [0.25, 0.3) is 0 Å². The minimum absolute atomic E-state index is 0.213. The number of carbonyl (C=O) groups is 1. The van der Waals surface area contributed by atoms with Gasteiger partial charge in [-0.1, -0.05) is 11.6 Å². The quantitative estimate of drug-likeness (QED) is 0.332. The fourth-order valence-corrected chi connectivity index (χ4v) is 2.08. The third kappa shape index (κ3) is 6.84. The molecule has 1 aliphatic rings. The summed E-state index contributed by atoms with van der Waals surface area (Å²) in [5.41, 5.74) is 1.55. The average molecular weight is 267 g/mol. The van der Waals surface area contributed by atoms with Gasteiger partial charge in [0.1, 0.15) is 0 Å². The van der Waals surface area contributed by atoms with E-state index >= 15 is 0 Å². The Labute approximate surface area is 115 Å². The summed E-state index contributed by atoms with van der Waals surface area (Å²) in [6, 6.07) is 0. The number of nitrogens with one attached hydrogen (secondary N) is 2. The highest BCUT2D eigenvalue weighted by Gasteiger charge is 2.04. The smallest absolute Gasteiger partial charge is 0.307 e. The molecule has 0 atom stereocenters. The number of carbonyl (C=O) groups excluding carboxylic acids is 1. The van der Waals surface area contributed by atoms with Crippen LogP contribution in [0.4, 0.5) is 0 Å². The van der Waals surface area contributed by atoms with Crippen molar-refractivity contribution in [2.45, 2.75) is 38.5 Å². The number of allylic oxidation sites excluding steroid dienone is 1. The molecular weight excluding hydrogens is 242 g/mol. The van der Waals surface area contributed by atoms with Crippen LogP contribution >= 0.6 is 0 Å². The highest BCUT2D eigenvalue weighted by molar-refractivity contribution is 5.80. The molecule has 0 radical (unpaired) electrons. The summed E-state index contributed by atoms with van der Waals surface area (Å²) in [5, 5.41) is 6.35. The Bertz CT molecular complexity index is 338. The predicted molar refractivity (Wildman–Crippen MR) is 77.2 cm³/mol. The van der Waals surface area contributed by atoms with E-state index < -0.39 is 0 Å². The summed E-state index contributed by atoms with van der Waals surface area (Å²) in [7, 11) is 3.13. The number of ether oxygens (including phenoxy) is 1. The Kier molecular flexibility index (Phi) is 7.70. The molecule has 0 aromatic heterocycles. The fraction of sp³-hybridized carbons (Fsp3) is 0.714. The number of guanidine groups is 1. The van der Waals surface area contributed by atoms with Gasteiger partial charge in [-0.25, -0.2) is 0 Å². The molecule has 0 amide bonds. The van der Waals surface area contributed by atoms with Gasteiger partial charge < -0.3 is 15.4 Å². The lowest BCUT2D eigenvalue weighted by Gasteiger charge is -2.15. The first-order valence-electron chi connectivity index (χ1n) is 6.95. The zero-order valence-corrected chi connectivity index (χ0v) is 12.0. The van der Waals surface area contributed by atoms with E-state index in [4.69, 9.17) is 0 Å². The molecule has 0 unspecified atom stereocenters. The Morgan fingerprint density at radius 1 is 1.37 bits per heavy atom. The van der Waals surface area contributed by atoms with Crippen LogP contribution < -0.4 is 10.6 Å². The van der Waals surface area contributed by atoms with Gasteiger partial charge in [-0.15, -0.1) is 0 Å². The van der Waals surface area contributed by atoms with Crippen LogP contribution in [0, 0.1) is 0 Å². The lowest BCUT2D eigenvalue weighted by atomic mass is 9.97. The van der Waals surface area contributed by atoms with Gasteiger partial charge in [-0.05, 0) is 32.1 Å². The molecule has 2 N–H and O–H groups in total. The van der Waals surface area contributed by atoms with Crippen LogP contribution in [0.3, 0.4) is 0 Å². The molecule has 0 saturated heterocycles. The molecule has 0 aliphatic heterocycles. The van der Waals surface area contributed by atoms with Crippen molar-refractivity contribution in [2.75, 3.05) is 27.2 Å². The normalized spacial score (nSPS) is 15.7. The predicted octanol–water partition coefficient (Wildman–Crippen LogP) is 1.60. The Morgan fingerprint density at radius 3 is 2.79 bits per heavy atom. The van der Waals surface area contributed by atoms with E-state index in [1.165, 1.54) is 32.8 Å². The van der Waals surface area contributed by atoms with E-state index in [9.17, 15) is 4.79 Å². The summed E-state index contributed by atoms with van der Waals surface area (Å²) in [6.07, 6.45) is 8.88. The Morgan fingerprint density at radius 2 is 2.16 bits per heavy atom. The lowest BCUT2D eigenvalue weighted by molar-refractivity contribution is -0.140. The van der Waals surface area contributed by atoms with Crippen LogP contribution in [0.5, 0.6) is 0 Å². The molecule has 0 aromatic rings. The first kappa shape index (κ1) is 15.5. The standard InChI is InChI=1S/C14H25N3O2/c1-15-14(17-11-9-13(18)19-2)16-10-8-12-6-4-3-5-7-12/h6H,3-5,7-11H2,1-2H3,(H2,15,16,17). The van der Waals surface area contributed by atoms with E-state index in [2.05, 4.69) is 26.4 Å². The SMILES string of the molecule is CN=C(NCCC(=O)OC)NCCC1=CCCCC1. The zero-order chi connectivity index (χ0) is 13.9. The van der Waals surface area contributed by atoms with Crippen LogP contribution in [0.15, 0.2) is 16.6 Å². The molecule has 0 saturated carbocycles. The second-order valence-corrected chi connectivity index (χ2v) is 4.61. The molecular formula is C14H25N3O2. The molecule has 0 aromatic carbocycles. The van der Waals surface area contributed by atoms with Gasteiger partial charge in [0.25, 0.3) is 0 Å². The largest absolute Gasteiger partial charge is 0.469 e. The van der Waals surface area contributed by atoms with Crippen molar-refractivity contribution >= 4 is 11.9 Å². The van der Waals surface area contributed by atoms with Crippen molar-refractivity contribution < 1.29 is 9.53 Å². The van der Waals surface area contributed by atoms with Gasteiger partial charge in [-0.3, -0.25) is 9.79 Å². The van der Waals surface area contributed by atoms with Crippen molar-refractivity contribution in [1.82, 2.24) is 10.6 Å². The molecule has 1 aliphatic carbocycles. The second-order valence-electron chi connectivity index (χ2n) is 4.61. The Balaban J connectivity index is 2.14. The fourth-order valence-electron chi connectivity index (χ4n) is 2.08. The van der Waals surface area contributed by atoms with E-state index in [1.807, 2.05) is 0 Å². The van der Waals surface area contributed by atoms with Crippen molar-refractivity contribution in [3.8, 4) is 0 Å². The first-order valence-corrected chi connectivity index (χ1v) is 6.95. The average Bonchev–Trinajstić information content (AvgIpc) is 2.46. The van der Waals surface area contributed by atoms with Gasteiger partial charge in [0.2, 0.25) is 0 Å². The van der Waals surface area contributed by atoms with Crippen LogP contribution in [0.2, 0.25) is 0 Å². The number of methoxy groups -OCH3 is 1. The summed E-state index contributed by atoms with van der Waals surface area (Å²) in [4.78, 5) is 15.1. The lowest BCUT2D eigenvalue weighted by Crippen LogP contribution is -2.38. The third-order valence-electron chi connectivity index (χ3n) is 3.20. The molecule has 108 valence electrons. The minimum atomic E-state index is -0.213. The van der Waals surface area contributed by atoms with E-state index in [0.717, 1.165) is 18.9 Å². The molecule has 0 heterocycles. The monoisotopic (exact) mass is 267 g/mol. The van der Waals surface area contributed by atoms with Crippen LogP contribution in [0.1, 0.15) is 38.5 Å². The maximum absolute atomic E-state index is 11.0. The van der Waals surface area contributed by atoms with Gasteiger partial charge in [0.15, 0.2) is 5.96 Å². The van der Waals surface area contributed by atoms with E-state index in [-0.39, 0.29) is 5.97 Å². The Hall–Kier alpha value is -1.52.